The van der Waals surface area contributed by atoms with Crippen molar-refractivity contribution >= 4 is 22.8 Å². The maximum absolute atomic E-state index is 11.9. The zero-order valence-electron chi connectivity index (χ0n) is 15.0. The van der Waals surface area contributed by atoms with Gasteiger partial charge in [0.25, 0.3) is 0 Å². The Morgan fingerprint density at radius 3 is 2.88 bits per heavy atom. The average Bonchev–Trinajstić information content (AvgIpc) is 3.07. The summed E-state index contributed by atoms with van der Waals surface area (Å²) in [4.78, 5) is 11.9. The molecule has 1 saturated carbocycles. The van der Waals surface area contributed by atoms with Crippen molar-refractivity contribution in [3.63, 3.8) is 0 Å². The van der Waals surface area contributed by atoms with Crippen LogP contribution < -0.4 is 21.7 Å². The van der Waals surface area contributed by atoms with E-state index in [4.69, 9.17) is 11.0 Å². The minimum absolute atomic E-state index is 0.00201. The molecule has 0 aromatic carbocycles. The van der Waals surface area contributed by atoms with Crippen molar-refractivity contribution < 1.29 is 4.79 Å². The molecule has 1 fully saturated rings. The van der Waals surface area contributed by atoms with Crippen LogP contribution in [0.1, 0.15) is 37.7 Å². The molecule has 0 aliphatic heterocycles. The van der Waals surface area contributed by atoms with Crippen LogP contribution in [0.4, 0.5) is 11.4 Å². The van der Waals surface area contributed by atoms with Crippen molar-refractivity contribution in [3.05, 3.63) is 24.0 Å². The summed E-state index contributed by atoms with van der Waals surface area (Å²) in [7, 11) is 1.87. The van der Waals surface area contributed by atoms with Crippen molar-refractivity contribution in [1.82, 2.24) is 14.9 Å². The summed E-state index contributed by atoms with van der Waals surface area (Å²) in [5.41, 5.74) is 9.74. The van der Waals surface area contributed by atoms with Gasteiger partial charge < -0.3 is 21.7 Å². The van der Waals surface area contributed by atoms with Gasteiger partial charge in [-0.05, 0) is 18.9 Å². The number of rotatable bonds is 6. The van der Waals surface area contributed by atoms with Crippen molar-refractivity contribution in [3.8, 4) is 6.07 Å². The largest absolute Gasteiger partial charge is 0.387 e. The van der Waals surface area contributed by atoms with E-state index >= 15 is 0 Å². The summed E-state index contributed by atoms with van der Waals surface area (Å²) < 4.78 is 1.82. The molecule has 26 heavy (non-hydrogen) atoms. The maximum atomic E-state index is 11.9. The van der Waals surface area contributed by atoms with E-state index < -0.39 is 0 Å². The van der Waals surface area contributed by atoms with Crippen molar-refractivity contribution in [2.24, 2.45) is 5.73 Å². The third-order valence-corrected chi connectivity index (χ3v) is 4.91. The Morgan fingerprint density at radius 2 is 2.19 bits per heavy atom. The second-order valence-electron chi connectivity index (χ2n) is 6.60. The zero-order valence-corrected chi connectivity index (χ0v) is 15.0. The minimum atomic E-state index is -0.217. The number of amides is 1. The summed E-state index contributed by atoms with van der Waals surface area (Å²) in [6, 6.07) is 4.03. The number of fused-ring (bicyclic) bond motifs is 1. The Hall–Kier alpha value is -2.79. The normalized spacial score (nSPS) is 19.7. The van der Waals surface area contributed by atoms with Gasteiger partial charge in [0.05, 0.1) is 35.4 Å². The third-order valence-electron chi connectivity index (χ3n) is 4.91. The number of nitrogens with zero attached hydrogens (tertiary/aromatic N) is 3. The number of hydrogen-bond donors (Lipinski definition) is 4. The highest BCUT2D eigenvalue weighted by Crippen LogP contribution is 2.29. The molecule has 2 unspecified atom stereocenters. The highest BCUT2D eigenvalue weighted by Gasteiger charge is 2.27. The van der Waals surface area contributed by atoms with E-state index in [0.717, 1.165) is 48.1 Å². The lowest BCUT2D eigenvalue weighted by Crippen LogP contribution is -2.48. The monoisotopic (exact) mass is 355 g/mol. The predicted octanol–water partition coefficient (Wildman–Crippen LogP) is 1.59. The predicted molar refractivity (Wildman–Crippen MR) is 101 cm³/mol. The fraction of sp³-hybridized carbons (Fsp3) is 0.500. The highest BCUT2D eigenvalue weighted by molar-refractivity contribution is 5.80. The Balaban J connectivity index is 1.89. The van der Waals surface area contributed by atoms with Crippen LogP contribution in [0.15, 0.2) is 18.5 Å². The molecule has 0 radical (unpaired) electrons. The molecule has 5 N–H and O–H groups in total. The van der Waals surface area contributed by atoms with Gasteiger partial charge in [0, 0.05) is 31.2 Å². The molecule has 0 saturated heterocycles. The van der Waals surface area contributed by atoms with Gasteiger partial charge >= 0.3 is 0 Å². The Morgan fingerprint density at radius 1 is 1.42 bits per heavy atom. The number of nitrogens with two attached hydrogens (primary N) is 1. The second kappa shape index (κ2) is 8.06. The Kier molecular flexibility index (Phi) is 5.58. The quantitative estimate of drug-likeness (QED) is 0.624. The SMILES string of the molecule is CNc1cc2c(NC3CCCCC3NC(=O)CC#N)c(CN)cnn2c1. The molecule has 1 amide bonds. The molecule has 1 aliphatic rings. The molecule has 3 rings (SSSR count). The summed E-state index contributed by atoms with van der Waals surface area (Å²) in [6.45, 7) is 0.379. The molecule has 0 bridgehead atoms. The first kappa shape index (κ1) is 18.0. The number of aromatic nitrogens is 2. The van der Waals surface area contributed by atoms with Gasteiger partial charge in [0.15, 0.2) is 0 Å². The zero-order chi connectivity index (χ0) is 18.5. The highest BCUT2D eigenvalue weighted by atomic mass is 16.1. The van der Waals surface area contributed by atoms with Gasteiger partial charge in [-0.1, -0.05) is 12.8 Å². The minimum Gasteiger partial charge on any atom is -0.387 e. The Bertz CT molecular complexity index is 823. The second-order valence-corrected chi connectivity index (χ2v) is 6.60. The van der Waals surface area contributed by atoms with Crippen LogP contribution in [0, 0.1) is 11.3 Å². The fourth-order valence-electron chi connectivity index (χ4n) is 3.54. The molecular formula is C18H25N7O. The molecule has 1 aliphatic carbocycles. The molecule has 2 atom stereocenters. The summed E-state index contributed by atoms with van der Waals surface area (Å²) >= 11 is 0. The van der Waals surface area contributed by atoms with Crippen LogP contribution >= 0.6 is 0 Å². The van der Waals surface area contributed by atoms with Gasteiger partial charge in [-0.25, -0.2) is 4.52 Å². The lowest BCUT2D eigenvalue weighted by molar-refractivity contribution is -0.121. The maximum Gasteiger partial charge on any atom is 0.234 e. The van der Waals surface area contributed by atoms with E-state index in [2.05, 4.69) is 21.0 Å². The van der Waals surface area contributed by atoms with E-state index in [0.29, 0.717) is 6.54 Å². The third kappa shape index (κ3) is 3.73. The lowest BCUT2D eigenvalue weighted by atomic mass is 9.89. The number of nitrogens with one attached hydrogen (secondary N) is 3. The van der Waals surface area contributed by atoms with Crippen LogP contribution in [-0.2, 0) is 11.3 Å². The van der Waals surface area contributed by atoms with Gasteiger partial charge in [0.2, 0.25) is 5.91 Å². The van der Waals surface area contributed by atoms with Gasteiger partial charge in [0.1, 0.15) is 6.42 Å². The van der Waals surface area contributed by atoms with E-state index in [1.807, 2.05) is 29.9 Å². The first-order chi connectivity index (χ1) is 12.7. The number of nitriles is 1. The standard InChI is InChI=1S/C18H25N7O/c1-21-13-8-16-18(12(9-20)10-22-25(16)11-13)24-15-5-3-2-4-14(15)23-17(26)6-7-19/h8,10-11,14-15,21,24H,2-6,9,20H2,1H3,(H,23,26). The van der Waals surface area contributed by atoms with Crippen molar-refractivity contribution in [1.29, 1.82) is 5.26 Å². The van der Waals surface area contributed by atoms with Crippen LogP contribution in [0.25, 0.3) is 5.52 Å². The van der Waals surface area contributed by atoms with Gasteiger partial charge in [-0.2, -0.15) is 10.4 Å². The summed E-state index contributed by atoms with van der Waals surface area (Å²) in [6.07, 6.45) is 7.62. The molecule has 2 aromatic rings. The smallest absolute Gasteiger partial charge is 0.234 e. The van der Waals surface area contributed by atoms with E-state index in [9.17, 15) is 4.79 Å². The first-order valence-electron chi connectivity index (χ1n) is 8.97. The number of carbonyl (C=O) groups is 1. The summed E-state index contributed by atoms with van der Waals surface area (Å²) in [5.74, 6) is -0.217. The van der Waals surface area contributed by atoms with Crippen LogP contribution in [0.5, 0.6) is 0 Å². The first-order valence-corrected chi connectivity index (χ1v) is 8.97. The topological polar surface area (TPSA) is 120 Å². The fourth-order valence-corrected chi connectivity index (χ4v) is 3.54. The molecule has 2 heterocycles. The Labute approximate surface area is 152 Å². The van der Waals surface area contributed by atoms with E-state index in [1.165, 1.54) is 0 Å². The van der Waals surface area contributed by atoms with Crippen LogP contribution in [0.2, 0.25) is 0 Å². The number of carbonyl (C=O) groups excluding carboxylic acids is 1. The number of hydrogen-bond acceptors (Lipinski definition) is 6. The molecule has 8 nitrogen and oxygen atoms in total. The van der Waals surface area contributed by atoms with Crippen LogP contribution in [0.3, 0.4) is 0 Å². The molecule has 8 heteroatoms. The average molecular weight is 355 g/mol. The lowest BCUT2D eigenvalue weighted by Gasteiger charge is -2.34. The molecule has 138 valence electrons. The summed E-state index contributed by atoms with van der Waals surface area (Å²) in [5, 5.41) is 22.9. The molecule has 2 aromatic heterocycles. The van der Waals surface area contributed by atoms with Crippen molar-refractivity contribution in [2.45, 2.75) is 50.7 Å². The van der Waals surface area contributed by atoms with Crippen molar-refractivity contribution in [2.75, 3.05) is 17.7 Å². The molecule has 0 spiro atoms. The van der Waals surface area contributed by atoms with Crippen LogP contribution in [-0.4, -0.2) is 34.7 Å². The number of anilines is 2. The molecular weight excluding hydrogens is 330 g/mol. The van der Waals surface area contributed by atoms with Gasteiger partial charge in [-0.15, -0.1) is 0 Å². The van der Waals surface area contributed by atoms with E-state index in [-0.39, 0.29) is 24.4 Å². The van der Waals surface area contributed by atoms with Gasteiger partial charge in [-0.3, -0.25) is 4.79 Å². The van der Waals surface area contributed by atoms with E-state index in [1.54, 1.807) is 6.20 Å².